The number of anilines is 1. The number of para-hydroxylation sites is 1. The van der Waals surface area contributed by atoms with Gasteiger partial charge in [0.05, 0.1) is 19.2 Å². The second kappa shape index (κ2) is 13.7. The van der Waals surface area contributed by atoms with E-state index in [1.165, 1.54) is 11.5 Å². The molecule has 2 aromatic carbocycles. The van der Waals surface area contributed by atoms with E-state index in [1.807, 2.05) is 24.9 Å². The minimum Gasteiger partial charge on any atom is -0.496 e. The largest absolute Gasteiger partial charge is 0.496 e. The fourth-order valence-electron chi connectivity index (χ4n) is 4.02. The number of hydrogen-bond donors (Lipinski definition) is 3. The number of alkyl halides is 2. The Kier molecular flexibility index (Phi) is 10.9. The zero-order valence-corrected chi connectivity index (χ0v) is 20.9. The van der Waals surface area contributed by atoms with Crippen molar-refractivity contribution in [1.29, 1.82) is 0 Å². The number of methoxy groups -OCH3 is 1. The van der Waals surface area contributed by atoms with E-state index >= 15 is 0 Å². The molecule has 192 valence electrons. The third kappa shape index (κ3) is 7.66. The summed E-state index contributed by atoms with van der Waals surface area (Å²) in [5.74, 6) is -0.0947. The van der Waals surface area contributed by atoms with Gasteiger partial charge in [0.2, 0.25) is 0 Å². The monoisotopic (exact) mass is 490 g/mol. The number of aryl methyl sites for hydroxylation is 1. The lowest BCUT2D eigenvalue weighted by Gasteiger charge is -2.34. The molecule has 0 bridgehead atoms. The third-order valence-electron chi connectivity index (χ3n) is 5.77. The highest BCUT2D eigenvalue weighted by atomic mass is 19.3. The zero-order valence-electron chi connectivity index (χ0n) is 20.9. The van der Waals surface area contributed by atoms with Crippen LogP contribution in [-0.2, 0) is 6.54 Å². The summed E-state index contributed by atoms with van der Waals surface area (Å²) in [5, 5.41) is 9.66. The van der Waals surface area contributed by atoms with E-state index in [1.54, 1.807) is 25.3 Å². The molecule has 35 heavy (non-hydrogen) atoms. The van der Waals surface area contributed by atoms with Gasteiger partial charge in [0.25, 0.3) is 6.43 Å². The second-order valence-electron chi connectivity index (χ2n) is 8.00. The van der Waals surface area contributed by atoms with Crippen LogP contribution >= 0.6 is 0 Å². The molecule has 7 nitrogen and oxygen atoms in total. The molecule has 1 aromatic heterocycles. The van der Waals surface area contributed by atoms with E-state index in [-0.39, 0.29) is 12.1 Å². The molecule has 0 amide bonds. The summed E-state index contributed by atoms with van der Waals surface area (Å²) >= 11 is 0. The molecule has 2 heterocycles. The number of nitrogens with one attached hydrogen (secondary N) is 1. The summed E-state index contributed by atoms with van der Waals surface area (Å²) in [4.78, 5) is 17.8. The molecule has 0 spiro atoms. The van der Waals surface area contributed by atoms with Crippen LogP contribution in [0.1, 0.15) is 35.3 Å². The van der Waals surface area contributed by atoms with Crippen LogP contribution in [0.15, 0.2) is 42.6 Å². The average Bonchev–Trinajstić information content (AvgIpc) is 3.34. The highest BCUT2D eigenvalue weighted by Gasteiger charge is 2.22. The normalized spacial score (nSPS) is 14.1. The first kappa shape index (κ1) is 28.1. The summed E-state index contributed by atoms with van der Waals surface area (Å²) in [6.45, 7) is 9.70. The molecule has 1 fully saturated rings. The van der Waals surface area contributed by atoms with Gasteiger partial charge in [-0.25, -0.2) is 13.6 Å². The number of ether oxygens (including phenoxy) is 1. The van der Waals surface area contributed by atoms with E-state index in [2.05, 4.69) is 28.9 Å². The van der Waals surface area contributed by atoms with Gasteiger partial charge in [-0.3, -0.25) is 9.80 Å². The van der Waals surface area contributed by atoms with Crippen molar-refractivity contribution in [3.63, 3.8) is 0 Å². The van der Waals surface area contributed by atoms with Gasteiger partial charge in [-0.2, -0.15) is 0 Å². The average molecular weight is 491 g/mol. The summed E-state index contributed by atoms with van der Waals surface area (Å²) < 4.78 is 30.5. The summed E-state index contributed by atoms with van der Waals surface area (Å²) in [5.41, 5.74) is 9.26. The number of carboxylic acid groups (broad SMARTS) is 1. The first-order valence-electron chi connectivity index (χ1n) is 11.7. The number of halogens is 2. The number of nitrogen functional groups attached to an aromatic ring is 1. The molecule has 0 atom stereocenters. The maximum absolute atomic E-state index is 12.5. The Morgan fingerprint density at radius 2 is 1.77 bits per heavy atom. The van der Waals surface area contributed by atoms with E-state index in [9.17, 15) is 13.6 Å². The Bertz CT molecular complexity index is 1080. The lowest BCUT2D eigenvalue weighted by Crippen LogP contribution is -2.47. The molecule has 4 rings (SSSR count). The molecule has 0 unspecified atom stereocenters. The van der Waals surface area contributed by atoms with Gasteiger partial charge in [0.1, 0.15) is 5.75 Å². The van der Waals surface area contributed by atoms with Crippen LogP contribution in [0.2, 0.25) is 0 Å². The molecule has 3 aromatic rings. The standard InChI is InChI=1S/C17H23F2N3O.C7H7NO2.C2H6/c1-12-9-15(23-2)14(13-3-4-20-17(12)13)10-21-5-7-22(8-6-21)11-16(18)19;8-6-4-2-1-3-5(6)7(9)10;1-2/h3-4,9,16,20H,5-8,10-11H2,1-2H3;1-4H,8H2,(H,9,10);1-2H3. The number of nitrogens with two attached hydrogens (primary N) is 1. The van der Waals surface area contributed by atoms with Crippen molar-refractivity contribution >= 4 is 22.6 Å². The molecule has 1 aliphatic heterocycles. The van der Waals surface area contributed by atoms with Crippen LogP contribution in [0, 0.1) is 6.92 Å². The first-order chi connectivity index (χ1) is 16.8. The molecular weight excluding hydrogens is 454 g/mol. The van der Waals surface area contributed by atoms with Crippen molar-refractivity contribution < 1.29 is 23.4 Å². The highest BCUT2D eigenvalue weighted by molar-refractivity contribution is 5.93. The fraction of sp³-hybridized carbons (Fsp3) is 0.423. The van der Waals surface area contributed by atoms with Gasteiger partial charge in [-0.05, 0) is 36.8 Å². The van der Waals surface area contributed by atoms with Crippen LogP contribution < -0.4 is 10.5 Å². The number of nitrogens with zero attached hydrogens (tertiary/aromatic N) is 2. The maximum Gasteiger partial charge on any atom is 0.337 e. The van der Waals surface area contributed by atoms with Crippen molar-refractivity contribution in [2.75, 3.05) is 45.6 Å². The molecule has 0 aliphatic carbocycles. The number of hydrogen-bond acceptors (Lipinski definition) is 5. The molecule has 1 aliphatic rings. The third-order valence-corrected chi connectivity index (χ3v) is 5.77. The zero-order chi connectivity index (χ0) is 26.0. The number of carboxylic acids is 1. The van der Waals surface area contributed by atoms with Gasteiger partial charge >= 0.3 is 5.97 Å². The van der Waals surface area contributed by atoms with Crippen LogP contribution in [0.3, 0.4) is 0 Å². The van der Waals surface area contributed by atoms with Gasteiger partial charge in [-0.1, -0.05) is 26.0 Å². The number of H-pyrrole nitrogens is 1. The molecular formula is C26H36F2N4O3. The van der Waals surface area contributed by atoms with Gasteiger partial charge in [0, 0.05) is 61.1 Å². The Labute approximate surface area is 205 Å². The number of rotatable bonds is 6. The van der Waals surface area contributed by atoms with Crippen molar-refractivity contribution in [1.82, 2.24) is 14.8 Å². The lowest BCUT2D eigenvalue weighted by atomic mass is 10.0. The smallest absolute Gasteiger partial charge is 0.337 e. The number of aromatic nitrogens is 1. The summed E-state index contributed by atoms with van der Waals surface area (Å²) in [7, 11) is 1.69. The summed E-state index contributed by atoms with van der Waals surface area (Å²) in [6, 6.07) is 10.5. The van der Waals surface area contributed by atoms with Crippen LogP contribution in [-0.4, -0.2) is 72.1 Å². The van der Waals surface area contributed by atoms with Crippen LogP contribution in [0.4, 0.5) is 14.5 Å². The number of aromatic carboxylic acids is 1. The number of aromatic amines is 1. The Morgan fingerprint density at radius 3 is 2.31 bits per heavy atom. The molecule has 0 saturated carbocycles. The predicted molar refractivity (Wildman–Crippen MR) is 136 cm³/mol. The second-order valence-corrected chi connectivity index (χ2v) is 8.00. The van der Waals surface area contributed by atoms with Crippen molar-refractivity contribution in [2.45, 2.75) is 33.7 Å². The van der Waals surface area contributed by atoms with E-state index in [0.29, 0.717) is 18.8 Å². The number of piperazine rings is 1. The Balaban J connectivity index is 0.000000302. The highest BCUT2D eigenvalue weighted by Crippen LogP contribution is 2.31. The molecule has 4 N–H and O–H groups in total. The molecule has 9 heteroatoms. The molecule has 0 radical (unpaired) electrons. The van der Waals surface area contributed by atoms with Gasteiger partial charge < -0.3 is 20.6 Å². The number of benzene rings is 2. The lowest BCUT2D eigenvalue weighted by molar-refractivity contribution is 0.0542. The van der Waals surface area contributed by atoms with Crippen molar-refractivity contribution in [3.8, 4) is 5.75 Å². The Morgan fingerprint density at radius 1 is 1.14 bits per heavy atom. The summed E-state index contributed by atoms with van der Waals surface area (Å²) in [6.07, 6.45) is -0.306. The van der Waals surface area contributed by atoms with E-state index < -0.39 is 12.4 Å². The van der Waals surface area contributed by atoms with Crippen molar-refractivity contribution in [3.05, 3.63) is 59.3 Å². The van der Waals surface area contributed by atoms with E-state index in [4.69, 9.17) is 15.6 Å². The number of carbonyl (C=O) groups is 1. The maximum atomic E-state index is 12.5. The minimum atomic E-state index is -2.25. The predicted octanol–water partition coefficient (Wildman–Crippen LogP) is 4.86. The quantitative estimate of drug-likeness (QED) is 0.427. The first-order valence-corrected chi connectivity index (χ1v) is 11.7. The fourth-order valence-corrected chi connectivity index (χ4v) is 4.02. The van der Waals surface area contributed by atoms with Gasteiger partial charge in [-0.15, -0.1) is 0 Å². The minimum absolute atomic E-state index is 0.121. The number of fused-ring (bicyclic) bond motifs is 1. The van der Waals surface area contributed by atoms with E-state index in [0.717, 1.165) is 42.0 Å². The van der Waals surface area contributed by atoms with Crippen LogP contribution in [0.25, 0.3) is 10.9 Å². The Hall–Kier alpha value is -3.17. The molecule has 1 saturated heterocycles. The van der Waals surface area contributed by atoms with Gasteiger partial charge in [0.15, 0.2) is 0 Å². The topological polar surface area (TPSA) is 94.8 Å². The van der Waals surface area contributed by atoms with Crippen molar-refractivity contribution in [2.24, 2.45) is 0 Å². The van der Waals surface area contributed by atoms with Crippen LogP contribution in [0.5, 0.6) is 5.75 Å². The SMILES string of the molecule is CC.COc1cc(C)c2[nH]ccc2c1CN1CCN(CC(F)F)CC1.Nc1ccccc1C(=O)O.